The predicted molar refractivity (Wildman–Crippen MR) is 83.4 cm³/mol. The number of nitrogens with one attached hydrogen (secondary N) is 1. The first-order valence-electron chi connectivity index (χ1n) is 6.94. The number of hydrogen-bond acceptors (Lipinski definition) is 4. The van der Waals surface area contributed by atoms with Gasteiger partial charge in [-0.3, -0.25) is 5.10 Å². The highest BCUT2D eigenvalue weighted by molar-refractivity contribution is 6.31. The first-order valence-corrected chi connectivity index (χ1v) is 7.32. The number of hydrogen-bond donors (Lipinski definition) is 2. The van der Waals surface area contributed by atoms with Crippen LogP contribution in [0.4, 0.5) is 0 Å². The molecule has 2 aromatic rings. The molecule has 22 heavy (non-hydrogen) atoms. The Morgan fingerprint density at radius 2 is 2.14 bits per heavy atom. The van der Waals surface area contributed by atoms with Gasteiger partial charge in [0.25, 0.3) is 0 Å². The standard InChI is InChI=1S/C16H15ClN4O/c1-8(2)14-13-12(9-5-3-4-6-11(9)17)10(7-18)15(19)22-16(13)21-20-14/h3-6,8,12H,19H2,1-2H3,(H,20,21)/t12-/m0/s1. The van der Waals surface area contributed by atoms with Crippen LogP contribution in [0.5, 0.6) is 5.88 Å². The molecule has 0 aliphatic carbocycles. The minimum absolute atomic E-state index is 0.0710. The largest absolute Gasteiger partial charge is 0.420 e. The summed E-state index contributed by atoms with van der Waals surface area (Å²) in [6, 6.07) is 9.58. The van der Waals surface area contributed by atoms with Gasteiger partial charge >= 0.3 is 0 Å². The van der Waals surface area contributed by atoms with Crippen molar-refractivity contribution in [3.63, 3.8) is 0 Å². The summed E-state index contributed by atoms with van der Waals surface area (Å²) in [4.78, 5) is 0. The van der Waals surface area contributed by atoms with Crippen LogP contribution >= 0.6 is 11.6 Å². The Bertz CT molecular complexity index is 801. The Hall–Kier alpha value is -2.45. The van der Waals surface area contributed by atoms with Gasteiger partial charge in [-0.05, 0) is 17.5 Å². The van der Waals surface area contributed by atoms with E-state index in [9.17, 15) is 5.26 Å². The molecule has 0 saturated heterocycles. The van der Waals surface area contributed by atoms with E-state index in [0.717, 1.165) is 16.8 Å². The van der Waals surface area contributed by atoms with Crippen LogP contribution in [0, 0.1) is 11.3 Å². The van der Waals surface area contributed by atoms with Crippen LogP contribution in [0.2, 0.25) is 5.02 Å². The number of nitriles is 1. The molecule has 0 saturated carbocycles. The summed E-state index contributed by atoms with van der Waals surface area (Å²) in [5.74, 6) is 0.301. The number of fused-ring (bicyclic) bond motifs is 1. The second-order valence-electron chi connectivity index (χ2n) is 5.46. The molecular formula is C16H15ClN4O. The summed E-state index contributed by atoms with van der Waals surface area (Å²) in [5.41, 5.74) is 8.82. The fourth-order valence-electron chi connectivity index (χ4n) is 2.73. The smallest absolute Gasteiger partial charge is 0.244 e. The quantitative estimate of drug-likeness (QED) is 0.889. The molecule has 1 atom stereocenters. The number of halogens is 1. The summed E-state index contributed by atoms with van der Waals surface area (Å²) >= 11 is 6.35. The van der Waals surface area contributed by atoms with Crippen LogP contribution in [0.25, 0.3) is 0 Å². The summed E-state index contributed by atoms with van der Waals surface area (Å²) < 4.78 is 5.51. The topological polar surface area (TPSA) is 87.7 Å². The van der Waals surface area contributed by atoms with Gasteiger partial charge in [-0.1, -0.05) is 43.6 Å². The summed E-state index contributed by atoms with van der Waals surface area (Å²) in [6.07, 6.45) is 0. The zero-order chi connectivity index (χ0) is 15.9. The summed E-state index contributed by atoms with van der Waals surface area (Å²) in [6.45, 7) is 4.09. The molecule has 1 aliphatic heterocycles. The maximum atomic E-state index is 9.54. The van der Waals surface area contributed by atoms with E-state index in [0.29, 0.717) is 16.5 Å². The number of aromatic amines is 1. The van der Waals surface area contributed by atoms with Crippen molar-refractivity contribution in [3.05, 3.63) is 57.6 Å². The normalized spacial score (nSPS) is 17.1. The predicted octanol–water partition coefficient (Wildman–Crippen LogP) is 3.40. The van der Waals surface area contributed by atoms with E-state index in [1.165, 1.54) is 0 Å². The van der Waals surface area contributed by atoms with E-state index in [1.54, 1.807) is 6.07 Å². The van der Waals surface area contributed by atoms with Crippen molar-refractivity contribution in [2.24, 2.45) is 5.73 Å². The van der Waals surface area contributed by atoms with Crippen LogP contribution in [0.15, 0.2) is 35.7 Å². The lowest BCUT2D eigenvalue weighted by molar-refractivity contribution is 0.378. The molecule has 0 spiro atoms. The van der Waals surface area contributed by atoms with Crippen LogP contribution in [0.3, 0.4) is 0 Å². The van der Waals surface area contributed by atoms with Gasteiger partial charge in [0, 0.05) is 10.7 Å². The molecule has 1 aromatic heterocycles. The molecule has 0 unspecified atom stereocenters. The average Bonchev–Trinajstić information content (AvgIpc) is 2.90. The summed E-state index contributed by atoms with van der Waals surface area (Å²) in [7, 11) is 0. The van der Waals surface area contributed by atoms with E-state index >= 15 is 0 Å². The number of ether oxygens (including phenoxy) is 1. The van der Waals surface area contributed by atoms with Crippen LogP contribution in [-0.4, -0.2) is 10.2 Å². The lowest BCUT2D eigenvalue weighted by atomic mass is 9.82. The highest BCUT2D eigenvalue weighted by Gasteiger charge is 2.36. The molecular weight excluding hydrogens is 300 g/mol. The van der Waals surface area contributed by atoms with Crippen LogP contribution in [0.1, 0.15) is 42.5 Å². The van der Waals surface area contributed by atoms with Gasteiger partial charge < -0.3 is 10.5 Å². The molecule has 5 nitrogen and oxygen atoms in total. The van der Waals surface area contributed by atoms with Crippen molar-refractivity contribution >= 4 is 11.6 Å². The van der Waals surface area contributed by atoms with Gasteiger partial charge in [0.2, 0.25) is 11.8 Å². The zero-order valence-electron chi connectivity index (χ0n) is 12.2. The number of nitrogens with two attached hydrogens (primary N) is 1. The van der Waals surface area contributed by atoms with Crippen molar-refractivity contribution in [1.82, 2.24) is 10.2 Å². The van der Waals surface area contributed by atoms with E-state index in [2.05, 4.69) is 16.3 Å². The van der Waals surface area contributed by atoms with Crippen molar-refractivity contribution in [2.75, 3.05) is 0 Å². The monoisotopic (exact) mass is 314 g/mol. The maximum Gasteiger partial charge on any atom is 0.244 e. The molecule has 0 bridgehead atoms. The third-order valence-corrected chi connectivity index (χ3v) is 4.11. The maximum absolute atomic E-state index is 9.54. The highest BCUT2D eigenvalue weighted by atomic mass is 35.5. The van der Waals surface area contributed by atoms with E-state index < -0.39 is 0 Å². The Kier molecular flexibility index (Phi) is 3.55. The van der Waals surface area contributed by atoms with Gasteiger partial charge in [-0.15, -0.1) is 5.10 Å². The Balaban J connectivity index is 2.29. The third-order valence-electron chi connectivity index (χ3n) is 3.76. The van der Waals surface area contributed by atoms with Crippen molar-refractivity contribution in [2.45, 2.75) is 25.7 Å². The number of allylic oxidation sites excluding steroid dienone is 1. The Morgan fingerprint density at radius 1 is 1.41 bits per heavy atom. The number of rotatable bonds is 2. The number of nitrogens with zero attached hydrogens (tertiary/aromatic N) is 2. The average molecular weight is 315 g/mol. The van der Waals surface area contributed by atoms with Gasteiger partial charge in [0.1, 0.15) is 11.6 Å². The Labute approximate surface area is 133 Å². The first-order chi connectivity index (χ1) is 10.5. The second-order valence-corrected chi connectivity index (χ2v) is 5.86. The molecule has 1 aromatic carbocycles. The van der Waals surface area contributed by atoms with Crippen LogP contribution < -0.4 is 10.5 Å². The SMILES string of the molecule is CC(C)c1[nH]nc2c1[C@@H](c1ccccc1Cl)C(C#N)=C(N)O2. The van der Waals surface area contributed by atoms with Crippen molar-refractivity contribution in [3.8, 4) is 11.9 Å². The van der Waals surface area contributed by atoms with Gasteiger partial charge in [-0.2, -0.15) is 5.26 Å². The lowest BCUT2D eigenvalue weighted by Crippen LogP contribution is -2.21. The fraction of sp³-hybridized carbons (Fsp3) is 0.250. The van der Waals surface area contributed by atoms with E-state index in [4.69, 9.17) is 22.1 Å². The fourth-order valence-corrected chi connectivity index (χ4v) is 2.97. The van der Waals surface area contributed by atoms with Crippen molar-refractivity contribution in [1.29, 1.82) is 5.26 Å². The zero-order valence-corrected chi connectivity index (χ0v) is 13.0. The first kappa shape index (κ1) is 14.5. The molecule has 0 radical (unpaired) electrons. The number of aromatic nitrogens is 2. The minimum Gasteiger partial charge on any atom is -0.420 e. The van der Waals surface area contributed by atoms with Crippen LogP contribution in [-0.2, 0) is 0 Å². The van der Waals surface area contributed by atoms with Crippen molar-refractivity contribution < 1.29 is 4.74 Å². The molecule has 6 heteroatoms. The van der Waals surface area contributed by atoms with Gasteiger partial charge in [0.15, 0.2) is 0 Å². The molecule has 0 fully saturated rings. The third kappa shape index (κ3) is 2.13. The second kappa shape index (κ2) is 5.39. The molecule has 112 valence electrons. The highest BCUT2D eigenvalue weighted by Crippen LogP contribution is 2.45. The van der Waals surface area contributed by atoms with Gasteiger partial charge in [0.05, 0.1) is 11.5 Å². The minimum atomic E-state index is -0.376. The molecule has 2 heterocycles. The molecule has 3 rings (SSSR count). The number of benzene rings is 1. The molecule has 3 N–H and O–H groups in total. The number of H-pyrrole nitrogens is 1. The molecule has 0 amide bonds. The Morgan fingerprint density at radius 3 is 2.77 bits per heavy atom. The van der Waals surface area contributed by atoms with E-state index in [1.807, 2.05) is 32.0 Å². The van der Waals surface area contributed by atoms with Gasteiger partial charge in [-0.25, -0.2) is 0 Å². The molecule has 1 aliphatic rings. The van der Waals surface area contributed by atoms with E-state index in [-0.39, 0.29) is 17.7 Å². The lowest BCUT2D eigenvalue weighted by Gasteiger charge is -2.25. The summed E-state index contributed by atoms with van der Waals surface area (Å²) in [5, 5.41) is 17.3.